The van der Waals surface area contributed by atoms with Crippen molar-refractivity contribution in [2.75, 3.05) is 7.11 Å². The lowest BCUT2D eigenvalue weighted by Crippen LogP contribution is -2.55. The molecule has 6 heteroatoms. The number of benzene rings is 1. The molecule has 0 atom stereocenters. The number of hydrogen-bond donors (Lipinski definition) is 2. The van der Waals surface area contributed by atoms with Gasteiger partial charge in [-0.05, 0) is 30.5 Å². The van der Waals surface area contributed by atoms with Gasteiger partial charge in [-0.3, -0.25) is 4.79 Å². The van der Waals surface area contributed by atoms with Crippen LogP contribution in [0.2, 0.25) is 5.02 Å². The molecule has 0 spiro atoms. The number of carbonyl (C=O) groups excluding carboxylic acids is 1. The number of rotatable bonds is 5. The fourth-order valence-corrected chi connectivity index (χ4v) is 3.42. The molecular formula is C18H24ClNO4. The lowest BCUT2D eigenvalue weighted by molar-refractivity contribution is -0.148. The van der Waals surface area contributed by atoms with Crippen LogP contribution in [0, 0.1) is 0 Å². The monoisotopic (exact) mass is 353 g/mol. The van der Waals surface area contributed by atoms with Gasteiger partial charge in [0.15, 0.2) is 0 Å². The van der Waals surface area contributed by atoms with Crippen molar-refractivity contribution < 1.29 is 19.4 Å². The number of amides is 1. The quantitative estimate of drug-likeness (QED) is 0.848. The standard InChI is InChI=1S/C18H24ClNO4/c1-24-14-8-7-13(15(19)12-14)11-16(21)20-18(17(22)23)9-5-3-2-4-6-10-18/h7-8,12H,2-6,9-11H2,1H3,(H,20,21)(H,22,23). The minimum atomic E-state index is -1.16. The topological polar surface area (TPSA) is 75.6 Å². The molecule has 24 heavy (non-hydrogen) atoms. The summed E-state index contributed by atoms with van der Waals surface area (Å²) in [5.74, 6) is -0.644. The predicted molar refractivity (Wildman–Crippen MR) is 92.5 cm³/mol. The van der Waals surface area contributed by atoms with Crippen LogP contribution in [0.25, 0.3) is 0 Å². The van der Waals surface area contributed by atoms with Gasteiger partial charge in [0, 0.05) is 5.02 Å². The van der Waals surface area contributed by atoms with E-state index < -0.39 is 11.5 Å². The van der Waals surface area contributed by atoms with Crippen molar-refractivity contribution in [1.29, 1.82) is 0 Å². The van der Waals surface area contributed by atoms with Gasteiger partial charge in [-0.15, -0.1) is 0 Å². The first kappa shape index (κ1) is 18.6. The van der Waals surface area contributed by atoms with Crippen molar-refractivity contribution in [1.82, 2.24) is 5.32 Å². The van der Waals surface area contributed by atoms with Crippen LogP contribution in [-0.2, 0) is 16.0 Å². The normalized spacial score (nSPS) is 17.4. The molecule has 132 valence electrons. The summed E-state index contributed by atoms with van der Waals surface area (Å²) in [7, 11) is 1.54. The van der Waals surface area contributed by atoms with E-state index in [9.17, 15) is 14.7 Å². The zero-order valence-corrected chi connectivity index (χ0v) is 14.7. The summed E-state index contributed by atoms with van der Waals surface area (Å²) < 4.78 is 5.09. The van der Waals surface area contributed by atoms with Gasteiger partial charge in [-0.2, -0.15) is 0 Å². The highest BCUT2D eigenvalue weighted by atomic mass is 35.5. The van der Waals surface area contributed by atoms with Crippen molar-refractivity contribution in [2.24, 2.45) is 0 Å². The van der Waals surface area contributed by atoms with Gasteiger partial charge in [0.2, 0.25) is 5.91 Å². The van der Waals surface area contributed by atoms with Crippen LogP contribution in [0.4, 0.5) is 0 Å². The Morgan fingerprint density at radius 3 is 2.38 bits per heavy atom. The third kappa shape index (κ3) is 4.63. The zero-order chi connectivity index (χ0) is 17.6. The predicted octanol–water partition coefficient (Wildman–Crippen LogP) is 3.58. The van der Waals surface area contributed by atoms with Crippen LogP contribution in [0.5, 0.6) is 5.75 Å². The largest absolute Gasteiger partial charge is 0.497 e. The van der Waals surface area contributed by atoms with Crippen LogP contribution in [-0.4, -0.2) is 29.6 Å². The Bertz CT molecular complexity index is 595. The first-order chi connectivity index (χ1) is 11.5. The highest BCUT2D eigenvalue weighted by molar-refractivity contribution is 6.31. The molecule has 5 nitrogen and oxygen atoms in total. The number of carboxylic acids is 1. The van der Waals surface area contributed by atoms with Crippen LogP contribution in [0.15, 0.2) is 18.2 Å². The zero-order valence-electron chi connectivity index (χ0n) is 13.9. The molecule has 2 rings (SSSR count). The number of carbonyl (C=O) groups is 2. The Kier molecular flexibility index (Phi) is 6.49. The molecule has 1 aliphatic carbocycles. The molecule has 1 fully saturated rings. The first-order valence-corrected chi connectivity index (χ1v) is 8.71. The summed E-state index contributed by atoms with van der Waals surface area (Å²) in [5.41, 5.74) is -0.502. The highest BCUT2D eigenvalue weighted by Gasteiger charge is 2.39. The molecule has 1 saturated carbocycles. The molecule has 0 aliphatic heterocycles. The van der Waals surface area contributed by atoms with Crippen LogP contribution in [0.3, 0.4) is 0 Å². The molecule has 1 aromatic carbocycles. The minimum absolute atomic E-state index is 0.0534. The van der Waals surface area contributed by atoms with E-state index >= 15 is 0 Å². The van der Waals surface area contributed by atoms with E-state index in [1.807, 2.05) is 0 Å². The van der Waals surface area contributed by atoms with Crippen LogP contribution in [0.1, 0.15) is 50.5 Å². The average molecular weight is 354 g/mol. The van der Waals surface area contributed by atoms with Crippen molar-refractivity contribution in [3.05, 3.63) is 28.8 Å². The Labute approximate surface area is 147 Å². The van der Waals surface area contributed by atoms with Gasteiger partial charge >= 0.3 is 5.97 Å². The maximum atomic E-state index is 12.4. The Morgan fingerprint density at radius 2 is 1.83 bits per heavy atom. The Morgan fingerprint density at radius 1 is 1.21 bits per heavy atom. The molecule has 2 N–H and O–H groups in total. The lowest BCUT2D eigenvalue weighted by Gasteiger charge is -2.32. The third-order valence-corrected chi connectivity index (χ3v) is 4.96. The van der Waals surface area contributed by atoms with Gasteiger partial charge in [0.05, 0.1) is 13.5 Å². The van der Waals surface area contributed by atoms with E-state index in [0.717, 1.165) is 32.1 Å². The van der Waals surface area contributed by atoms with Crippen molar-refractivity contribution >= 4 is 23.5 Å². The first-order valence-electron chi connectivity index (χ1n) is 8.34. The maximum absolute atomic E-state index is 12.4. The van der Waals surface area contributed by atoms with Crippen LogP contribution >= 0.6 is 11.6 Å². The van der Waals surface area contributed by atoms with E-state index in [4.69, 9.17) is 16.3 Å². The number of aliphatic carboxylic acids is 1. The molecule has 0 bridgehead atoms. The van der Waals surface area contributed by atoms with Crippen molar-refractivity contribution in [3.63, 3.8) is 0 Å². The molecule has 1 aliphatic rings. The highest BCUT2D eigenvalue weighted by Crippen LogP contribution is 2.28. The van der Waals surface area contributed by atoms with Gasteiger partial charge < -0.3 is 15.2 Å². The molecule has 0 radical (unpaired) electrons. The summed E-state index contributed by atoms with van der Waals surface area (Å²) in [6, 6.07) is 5.11. The SMILES string of the molecule is COc1ccc(CC(=O)NC2(C(=O)O)CCCCCCC2)c(Cl)c1. The lowest BCUT2D eigenvalue weighted by atomic mass is 9.83. The van der Waals surface area contributed by atoms with E-state index in [1.165, 1.54) is 0 Å². The number of halogens is 1. The molecule has 1 amide bonds. The summed E-state index contributed by atoms with van der Waals surface area (Å²) in [4.78, 5) is 24.3. The third-order valence-electron chi connectivity index (χ3n) is 4.61. The fraction of sp³-hybridized carbons (Fsp3) is 0.556. The average Bonchev–Trinajstić information content (AvgIpc) is 2.51. The second kappa shape index (κ2) is 8.38. The summed E-state index contributed by atoms with van der Waals surface area (Å²) >= 11 is 6.16. The van der Waals surface area contributed by atoms with E-state index in [0.29, 0.717) is 29.2 Å². The van der Waals surface area contributed by atoms with E-state index in [-0.39, 0.29) is 12.3 Å². The van der Waals surface area contributed by atoms with Crippen molar-refractivity contribution in [3.8, 4) is 5.75 Å². The number of ether oxygens (including phenoxy) is 1. The van der Waals surface area contributed by atoms with Gasteiger partial charge in [-0.1, -0.05) is 49.8 Å². The Balaban J connectivity index is 2.09. The van der Waals surface area contributed by atoms with Gasteiger partial charge in [0.1, 0.15) is 11.3 Å². The fourth-order valence-electron chi connectivity index (χ4n) is 3.18. The van der Waals surface area contributed by atoms with Crippen molar-refractivity contribution in [2.45, 2.75) is 56.9 Å². The number of hydrogen-bond acceptors (Lipinski definition) is 3. The van der Waals surface area contributed by atoms with Gasteiger partial charge in [-0.25, -0.2) is 4.79 Å². The summed E-state index contributed by atoms with van der Waals surface area (Å²) in [6.45, 7) is 0. The maximum Gasteiger partial charge on any atom is 0.329 e. The smallest absolute Gasteiger partial charge is 0.329 e. The van der Waals surface area contributed by atoms with E-state index in [2.05, 4.69) is 5.32 Å². The molecule has 0 unspecified atom stereocenters. The number of methoxy groups -OCH3 is 1. The molecule has 0 saturated heterocycles. The molecule has 0 heterocycles. The summed E-state index contributed by atoms with van der Waals surface area (Å²) in [5, 5.41) is 12.9. The Hall–Kier alpha value is -1.75. The number of nitrogens with one attached hydrogen (secondary N) is 1. The summed E-state index contributed by atoms with van der Waals surface area (Å²) in [6.07, 6.45) is 5.79. The molecule has 0 aromatic heterocycles. The van der Waals surface area contributed by atoms with Gasteiger partial charge in [0.25, 0.3) is 0 Å². The molecular weight excluding hydrogens is 330 g/mol. The second-order valence-corrected chi connectivity index (χ2v) is 6.74. The molecule has 1 aromatic rings. The van der Waals surface area contributed by atoms with Crippen LogP contribution < -0.4 is 10.1 Å². The van der Waals surface area contributed by atoms with E-state index in [1.54, 1.807) is 25.3 Å². The minimum Gasteiger partial charge on any atom is -0.497 e. The number of carboxylic acid groups (broad SMARTS) is 1. The second-order valence-electron chi connectivity index (χ2n) is 6.34.